The van der Waals surface area contributed by atoms with Gasteiger partial charge in [0, 0.05) is 12.0 Å². The van der Waals surface area contributed by atoms with Crippen molar-refractivity contribution in [3.8, 4) is 0 Å². The second-order valence-corrected chi connectivity index (χ2v) is 10.6. The molecule has 0 aromatic carbocycles. The highest BCUT2D eigenvalue weighted by molar-refractivity contribution is 4.67. The van der Waals surface area contributed by atoms with Gasteiger partial charge in [0.25, 0.3) is 0 Å². The van der Waals surface area contributed by atoms with Crippen molar-refractivity contribution in [1.29, 1.82) is 0 Å². The molecule has 0 fully saturated rings. The molecular formula is C28H58O2. The Morgan fingerprint density at radius 1 is 0.533 bits per heavy atom. The highest BCUT2D eigenvalue weighted by Gasteiger charge is 2.19. The molecule has 0 heterocycles. The van der Waals surface area contributed by atoms with Gasteiger partial charge < -0.3 is 9.47 Å². The van der Waals surface area contributed by atoms with Crippen LogP contribution in [0.1, 0.15) is 150 Å². The number of unbranched alkanes of at least 4 members (excludes halogenated alkanes) is 17. The maximum atomic E-state index is 5.88. The Hall–Kier alpha value is -0.0800. The molecule has 0 aliphatic heterocycles. The number of hydrogen-bond donors (Lipinski definition) is 0. The number of hydrogen-bond acceptors (Lipinski definition) is 2. The van der Waals surface area contributed by atoms with Crippen LogP contribution in [-0.4, -0.2) is 25.9 Å². The molecule has 0 saturated carbocycles. The van der Waals surface area contributed by atoms with E-state index >= 15 is 0 Å². The average molecular weight is 427 g/mol. The minimum absolute atomic E-state index is 0.124. The van der Waals surface area contributed by atoms with E-state index in [4.69, 9.17) is 9.47 Å². The smallest absolute Gasteiger partial charge is 0.0542 e. The first-order valence-corrected chi connectivity index (χ1v) is 13.7. The van der Waals surface area contributed by atoms with Crippen LogP contribution < -0.4 is 0 Å². The monoisotopic (exact) mass is 426 g/mol. The molecule has 0 N–H and O–H groups in total. The average Bonchev–Trinajstić information content (AvgIpc) is 2.71. The van der Waals surface area contributed by atoms with E-state index in [0.29, 0.717) is 6.10 Å². The van der Waals surface area contributed by atoms with E-state index in [0.717, 1.165) is 19.8 Å². The van der Waals surface area contributed by atoms with Crippen molar-refractivity contribution in [2.24, 2.45) is 5.41 Å². The van der Waals surface area contributed by atoms with Crippen LogP contribution in [0.25, 0.3) is 0 Å². The molecule has 0 aliphatic rings. The Morgan fingerprint density at radius 3 is 1.27 bits per heavy atom. The lowest BCUT2D eigenvalue weighted by molar-refractivity contribution is -0.0247. The van der Waals surface area contributed by atoms with Crippen molar-refractivity contribution in [2.45, 2.75) is 156 Å². The maximum Gasteiger partial charge on any atom is 0.0542 e. The van der Waals surface area contributed by atoms with Gasteiger partial charge in [-0.2, -0.15) is 0 Å². The number of rotatable bonds is 24. The summed E-state index contributed by atoms with van der Waals surface area (Å²) < 4.78 is 11.6. The SMILES string of the molecule is CCCCCCCCCCCCCCCCCCCCOCC(C)(C)COC(C)C. The predicted octanol–water partition coefficient (Wildman–Crippen LogP) is 9.50. The lowest BCUT2D eigenvalue weighted by atomic mass is 9.96. The Morgan fingerprint density at radius 2 is 0.900 bits per heavy atom. The van der Waals surface area contributed by atoms with Gasteiger partial charge in [-0.25, -0.2) is 0 Å². The van der Waals surface area contributed by atoms with Crippen LogP contribution in [0.2, 0.25) is 0 Å². The maximum absolute atomic E-state index is 5.88. The van der Waals surface area contributed by atoms with Crippen LogP contribution in [0.3, 0.4) is 0 Å². The Balaban J connectivity index is 3.16. The van der Waals surface area contributed by atoms with E-state index in [1.165, 1.54) is 116 Å². The molecule has 2 nitrogen and oxygen atoms in total. The highest BCUT2D eigenvalue weighted by atomic mass is 16.5. The zero-order chi connectivity index (χ0) is 22.3. The van der Waals surface area contributed by atoms with Crippen molar-refractivity contribution in [1.82, 2.24) is 0 Å². The first-order chi connectivity index (χ1) is 14.5. The fourth-order valence-corrected chi connectivity index (χ4v) is 3.89. The summed E-state index contributed by atoms with van der Waals surface area (Å²) in [4.78, 5) is 0. The summed E-state index contributed by atoms with van der Waals surface area (Å²) in [6.07, 6.45) is 25.9. The van der Waals surface area contributed by atoms with Gasteiger partial charge in [0.15, 0.2) is 0 Å². The predicted molar refractivity (Wildman–Crippen MR) is 134 cm³/mol. The molecule has 2 heteroatoms. The van der Waals surface area contributed by atoms with Crippen LogP contribution in [-0.2, 0) is 9.47 Å². The van der Waals surface area contributed by atoms with Crippen LogP contribution in [0.15, 0.2) is 0 Å². The minimum Gasteiger partial charge on any atom is -0.381 e. The second kappa shape index (κ2) is 22.1. The Labute approximate surface area is 191 Å². The molecule has 0 aromatic rings. The third kappa shape index (κ3) is 24.2. The fourth-order valence-electron chi connectivity index (χ4n) is 3.89. The van der Waals surface area contributed by atoms with Gasteiger partial charge in [-0.3, -0.25) is 0 Å². The second-order valence-electron chi connectivity index (χ2n) is 10.6. The zero-order valence-corrected chi connectivity index (χ0v) is 21.7. The van der Waals surface area contributed by atoms with E-state index in [2.05, 4.69) is 34.6 Å². The quantitative estimate of drug-likeness (QED) is 0.143. The van der Waals surface area contributed by atoms with Crippen molar-refractivity contribution >= 4 is 0 Å². The van der Waals surface area contributed by atoms with E-state index in [1.54, 1.807) is 0 Å². The van der Waals surface area contributed by atoms with Crippen molar-refractivity contribution in [3.63, 3.8) is 0 Å². The molecule has 0 saturated heterocycles. The molecule has 0 rings (SSSR count). The summed E-state index contributed by atoms with van der Waals surface area (Å²) in [5.41, 5.74) is 0.124. The van der Waals surface area contributed by atoms with Crippen molar-refractivity contribution in [3.05, 3.63) is 0 Å². The Bertz CT molecular complexity index is 325. The molecule has 0 aromatic heterocycles. The molecule has 0 atom stereocenters. The van der Waals surface area contributed by atoms with Gasteiger partial charge in [-0.1, -0.05) is 130 Å². The van der Waals surface area contributed by atoms with Gasteiger partial charge in [-0.05, 0) is 20.3 Å². The van der Waals surface area contributed by atoms with Crippen LogP contribution >= 0.6 is 0 Å². The zero-order valence-electron chi connectivity index (χ0n) is 21.7. The van der Waals surface area contributed by atoms with Crippen LogP contribution in [0.4, 0.5) is 0 Å². The van der Waals surface area contributed by atoms with Gasteiger partial charge in [0.1, 0.15) is 0 Å². The van der Waals surface area contributed by atoms with E-state index in [9.17, 15) is 0 Å². The molecule has 0 aliphatic carbocycles. The molecule has 30 heavy (non-hydrogen) atoms. The largest absolute Gasteiger partial charge is 0.381 e. The van der Waals surface area contributed by atoms with E-state index < -0.39 is 0 Å². The van der Waals surface area contributed by atoms with Gasteiger partial charge in [-0.15, -0.1) is 0 Å². The lowest BCUT2D eigenvalue weighted by Gasteiger charge is -2.25. The minimum atomic E-state index is 0.124. The first kappa shape index (κ1) is 29.9. The standard InChI is InChI=1S/C28H58O2/c1-6-7-8-9-10-11-12-13-14-15-16-17-18-19-20-21-22-23-24-29-25-28(4,5)26-30-27(2)3/h27H,6-26H2,1-5H3. The van der Waals surface area contributed by atoms with E-state index in [1.807, 2.05) is 0 Å². The third-order valence-corrected chi connectivity index (χ3v) is 5.94. The molecule has 0 spiro atoms. The van der Waals surface area contributed by atoms with Gasteiger partial charge >= 0.3 is 0 Å². The first-order valence-electron chi connectivity index (χ1n) is 13.7. The topological polar surface area (TPSA) is 18.5 Å². The molecule has 0 amide bonds. The van der Waals surface area contributed by atoms with Gasteiger partial charge in [0.05, 0.1) is 19.3 Å². The van der Waals surface area contributed by atoms with Crippen LogP contribution in [0, 0.1) is 5.41 Å². The molecule has 0 unspecified atom stereocenters. The Kier molecular flexibility index (Phi) is 22.1. The fraction of sp³-hybridized carbons (Fsp3) is 1.00. The summed E-state index contributed by atoms with van der Waals surface area (Å²) in [5.74, 6) is 0. The third-order valence-electron chi connectivity index (χ3n) is 5.94. The summed E-state index contributed by atoms with van der Waals surface area (Å²) in [7, 11) is 0. The lowest BCUT2D eigenvalue weighted by Crippen LogP contribution is -2.27. The summed E-state index contributed by atoms with van der Waals surface area (Å²) in [6.45, 7) is 13.4. The molecule has 0 bridgehead atoms. The van der Waals surface area contributed by atoms with Gasteiger partial charge in [0.2, 0.25) is 0 Å². The van der Waals surface area contributed by atoms with Crippen molar-refractivity contribution < 1.29 is 9.47 Å². The van der Waals surface area contributed by atoms with Crippen molar-refractivity contribution in [2.75, 3.05) is 19.8 Å². The summed E-state index contributed by atoms with van der Waals surface area (Å²) in [6, 6.07) is 0. The molecular weight excluding hydrogens is 368 g/mol. The molecule has 182 valence electrons. The highest BCUT2D eigenvalue weighted by Crippen LogP contribution is 2.18. The van der Waals surface area contributed by atoms with E-state index in [-0.39, 0.29) is 5.41 Å². The van der Waals surface area contributed by atoms with Crippen LogP contribution in [0.5, 0.6) is 0 Å². The molecule has 0 radical (unpaired) electrons. The number of ether oxygens (including phenoxy) is 2. The summed E-state index contributed by atoms with van der Waals surface area (Å²) >= 11 is 0. The normalized spacial score (nSPS) is 12.2. The summed E-state index contributed by atoms with van der Waals surface area (Å²) in [5, 5.41) is 0.